The van der Waals surface area contributed by atoms with E-state index in [0.29, 0.717) is 17.9 Å². The summed E-state index contributed by atoms with van der Waals surface area (Å²) >= 11 is 0. The molecule has 0 unspecified atom stereocenters. The number of aryl methyl sites for hydroxylation is 3. The van der Waals surface area contributed by atoms with Crippen molar-refractivity contribution in [3.8, 4) is 0 Å². The van der Waals surface area contributed by atoms with E-state index in [2.05, 4.69) is 73.9 Å². The van der Waals surface area contributed by atoms with E-state index in [9.17, 15) is 4.79 Å². The summed E-state index contributed by atoms with van der Waals surface area (Å²) in [5.74, 6) is 0.571. The number of amides is 1. The number of benzene rings is 3. The van der Waals surface area contributed by atoms with E-state index >= 15 is 0 Å². The molecule has 0 fully saturated rings. The molecule has 0 spiro atoms. The van der Waals surface area contributed by atoms with E-state index in [0.717, 1.165) is 23.0 Å². The molecule has 4 heteroatoms. The zero-order valence-electron chi connectivity index (χ0n) is 18.2. The number of anilines is 2. The van der Waals surface area contributed by atoms with E-state index in [1.165, 1.54) is 22.3 Å². The molecule has 31 heavy (non-hydrogen) atoms. The Morgan fingerprint density at radius 3 is 2.29 bits per heavy atom. The Morgan fingerprint density at radius 1 is 0.839 bits per heavy atom. The van der Waals surface area contributed by atoms with Gasteiger partial charge in [0.2, 0.25) is 0 Å². The summed E-state index contributed by atoms with van der Waals surface area (Å²) in [7, 11) is 0. The van der Waals surface area contributed by atoms with Crippen LogP contribution in [-0.4, -0.2) is 17.4 Å². The van der Waals surface area contributed by atoms with Gasteiger partial charge < -0.3 is 10.6 Å². The summed E-state index contributed by atoms with van der Waals surface area (Å²) in [6.45, 7) is 6.79. The van der Waals surface area contributed by atoms with Gasteiger partial charge in [-0.3, -0.25) is 4.79 Å². The molecular formula is C27H27N3O. The molecule has 0 bridgehead atoms. The highest BCUT2D eigenvalue weighted by molar-refractivity contribution is 6.07. The van der Waals surface area contributed by atoms with Crippen LogP contribution in [0.1, 0.15) is 32.6 Å². The second kappa shape index (κ2) is 9.00. The average Bonchev–Trinajstić information content (AvgIpc) is 2.74. The van der Waals surface area contributed by atoms with Crippen molar-refractivity contribution in [3.63, 3.8) is 0 Å². The summed E-state index contributed by atoms with van der Waals surface area (Å²) in [4.78, 5) is 17.8. The zero-order chi connectivity index (χ0) is 21.8. The van der Waals surface area contributed by atoms with Crippen LogP contribution in [0.2, 0.25) is 0 Å². The van der Waals surface area contributed by atoms with Crippen molar-refractivity contribution in [1.29, 1.82) is 0 Å². The number of hydrogen-bond donors (Lipinski definition) is 2. The molecule has 0 aliphatic heterocycles. The highest BCUT2D eigenvalue weighted by Gasteiger charge is 2.13. The lowest BCUT2D eigenvalue weighted by Gasteiger charge is -2.13. The Labute approximate surface area is 183 Å². The van der Waals surface area contributed by atoms with Gasteiger partial charge in [0.25, 0.3) is 5.91 Å². The maximum atomic E-state index is 13.0. The first-order valence-electron chi connectivity index (χ1n) is 10.6. The molecule has 0 saturated carbocycles. The zero-order valence-corrected chi connectivity index (χ0v) is 18.2. The van der Waals surface area contributed by atoms with Gasteiger partial charge in [0, 0.05) is 17.6 Å². The number of rotatable bonds is 6. The molecule has 1 aromatic heterocycles. The van der Waals surface area contributed by atoms with E-state index in [-0.39, 0.29) is 5.91 Å². The van der Waals surface area contributed by atoms with Crippen molar-refractivity contribution in [2.75, 3.05) is 11.9 Å². The summed E-state index contributed by atoms with van der Waals surface area (Å²) in [6, 6.07) is 24.3. The van der Waals surface area contributed by atoms with E-state index in [1.807, 2.05) is 30.3 Å². The highest BCUT2D eigenvalue weighted by atomic mass is 16.1. The van der Waals surface area contributed by atoms with Gasteiger partial charge in [-0.1, -0.05) is 54.1 Å². The second-order valence-corrected chi connectivity index (χ2v) is 8.07. The van der Waals surface area contributed by atoms with E-state index < -0.39 is 0 Å². The van der Waals surface area contributed by atoms with Gasteiger partial charge >= 0.3 is 0 Å². The topological polar surface area (TPSA) is 54.0 Å². The Kier molecular flexibility index (Phi) is 5.99. The standard InChI is InChI=1S/C27H27N3O/c1-18-8-10-21(11-9-18)12-13-28-27(31)24-17-26(30-25-7-5-4-6-23(24)25)29-22-15-19(2)14-20(3)16-22/h4-11,14-17H,12-13H2,1-3H3,(H,28,31)(H,29,30). The summed E-state index contributed by atoms with van der Waals surface area (Å²) < 4.78 is 0. The first-order valence-corrected chi connectivity index (χ1v) is 10.6. The van der Waals surface area contributed by atoms with Crippen molar-refractivity contribution in [2.24, 2.45) is 0 Å². The average molecular weight is 410 g/mol. The quantitative estimate of drug-likeness (QED) is 0.418. The molecule has 3 aromatic carbocycles. The molecule has 0 radical (unpaired) electrons. The fourth-order valence-electron chi connectivity index (χ4n) is 3.79. The molecule has 0 atom stereocenters. The largest absolute Gasteiger partial charge is 0.352 e. The van der Waals surface area contributed by atoms with Crippen LogP contribution in [0.3, 0.4) is 0 Å². The number of nitrogens with one attached hydrogen (secondary N) is 2. The predicted molar refractivity (Wildman–Crippen MR) is 128 cm³/mol. The summed E-state index contributed by atoms with van der Waals surface area (Å²) in [5, 5.41) is 7.29. The highest BCUT2D eigenvalue weighted by Crippen LogP contribution is 2.24. The molecule has 1 heterocycles. The molecular weight excluding hydrogens is 382 g/mol. The molecule has 4 nitrogen and oxygen atoms in total. The van der Waals surface area contributed by atoms with Crippen molar-refractivity contribution in [3.05, 3.63) is 101 Å². The van der Waals surface area contributed by atoms with Gasteiger partial charge in [-0.15, -0.1) is 0 Å². The van der Waals surface area contributed by atoms with Crippen LogP contribution in [0.15, 0.2) is 72.8 Å². The molecule has 1 amide bonds. The van der Waals surface area contributed by atoms with Crippen LogP contribution in [0.25, 0.3) is 10.9 Å². The molecule has 0 saturated heterocycles. The Hall–Kier alpha value is -3.66. The third kappa shape index (κ3) is 5.10. The third-order valence-corrected chi connectivity index (χ3v) is 5.27. The predicted octanol–water partition coefficient (Wildman–Crippen LogP) is 5.88. The molecule has 156 valence electrons. The lowest BCUT2D eigenvalue weighted by molar-refractivity contribution is 0.0955. The number of pyridine rings is 1. The maximum absolute atomic E-state index is 13.0. The van der Waals surface area contributed by atoms with Crippen molar-refractivity contribution < 1.29 is 4.79 Å². The van der Waals surface area contributed by atoms with E-state index in [4.69, 9.17) is 4.98 Å². The van der Waals surface area contributed by atoms with Gasteiger partial charge in [-0.05, 0) is 68.1 Å². The van der Waals surface area contributed by atoms with Crippen molar-refractivity contribution >= 4 is 28.3 Å². The lowest BCUT2D eigenvalue weighted by Crippen LogP contribution is -2.26. The Morgan fingerprint density at radius 2 is 1.55 bits per heavy atom. The minimum absolute atomic E-state index is 0.0887. The van der Waals surface area contributed by atoms with E-state index in [1.54, 1.807) is 0 Å². The first-order chi connectivity index (χ1) is 15.0. The molecule has 2 N–H and O–H groups in total. The summed E-state index contributed by atoms with van der Waals surface area (Å²) in [6.07, 6.45) is 0.794. The normalized spacial score (nSPS) is 10.8. The second-order valence-electron chi connectivity index (χ2n) is 8.07. The van der Waals surface area contributed by atoms with Crippen LogP contribution in [0, 0.1) is 20.8 Å². The van der Waals surface area contributed by atoms with Crippen LogP contribution in [0.4, 0.5) is 11.5 Å². The first kappa shape index (κ1) is 20.6. The minimum Gasteiger partial charge on any atom is -0.352 e. The summed E-state index contributed by atoms with van der Waals surface area (Å²) in [5.41, 5.74) is 7.19. The number of carbonyl (C=O) groups is 1. The molecule has 0 aliphatic rings. The molecule has 4 aromatic rings. The lowest BCUT2D eigenvalue weighted by atomic mass is 10.1. The van der Waals surface area contributed by atoms with Gasteiger partial charge in [-0.25, -0.2) is 4.98 Å². The monoisotopic (exact) mass is 409 g/mol. The van der Waals surface area contributed by atoms with Crippen LogP contribution >= 0.6 is 0 Å². The maximum Gasteiger partial charge on any atom is 0.252 e. The fourth-order valence-corrected chi connectivity index (χ4v) is 3.79. The minimum atomic E-state index is -0.0887. The van der Waals surface area contributed by atoms with Crippen LogP contribution in [0.5, 0.6) is 0 Å². The SMILES string of the molecule is Cc1ccc(CCNC(=O)c2cc(Nc3cc(C)cc(C)c3)nc3ccccc23)cc1. The molecule has 0 aliphatic carbocycles. The number of nitrogens with zero attached hydrogens (tertiary/aromatic N) is 1. The number of para-hydroxylation sites is 1. The Bertz CT molecular complexity index is 1210. The van der Waals surface area contributed by atoms with Gasteiger partial charge in [0.15, 0.2) is 0 Å². The van der Waals surface area contributed by atoms with Gasteiger partial charge in [0.05, 0.1) is 11.1 Å². The van der Waals surface area contributed by atoms with Crippen LogP contribution in [-0.2, 0) is 6.42 Å². The smallest absolute Gasteiger partial charge is 0.252 e. The number of carbonyl (C=O) groups excluding carboxylic acids is 1. The Balaban J connectivity index is 1.56. The third-order valence-electron chi connectivity index (χ3n) is 5.27. The van der Waals surface area contributed by atoms with Gasteiger partial charge in [0.1, 0.15) is 5.82 Å². The number of hydrogen-bond acceptors (Lipinski definition) is 3. The van der Waals surface area contributed by atoms with Crippen molar-refractivity contribution in [2.45, 2.75) is 27.2 Å². The number of fused-ring (bicyclic) bond motifs is 1. The number of aromatic nitrogens is 1. The molecule has 4 rings (SSSR count). The van der Waals surface area contributed by atoms with Crippen molar-refractivity contribution in [1.82, 2.24) is 10.3 Å². The van der Waals surface area contributed by atoms with Crippen LogP contribution < -0.4 is 10.6 Å². The fraction of sp³-hybridized carbons (Fsp3) is 0.185. The van der Waals surface area contributed by atoms with Gasteiger partial charge in [-0.2, -0.15) is 0 Å².